The highest BCUT2D eigenvalue weighted by Crippen LogP contribution is 1.99. The summed E-state index contributed by atoms with van der Waals surface area (Å²) in [6, 6.07) is 1.73. The van der Waals surface area contributed by atoms with E-state index in [4.69, 9.17) is 10.4 Å². The van der Waals surface area contributed by atoms with Crippen LogP contribution in [-0.4, -0.2) is 36.8 Å². The molecule has 5 heteroatoms. The highest BCUT2D eigenvalue weighted by Gasteiger charge is 2.12. The van der Waals surface area contributed by atoms with Crippen LogP contribution in [0.15, 0.2) is 0 Å². The first-order valence-corrected chi connectivity index (χ1v) is 4.59. The lowest BCUT2D eigenvalue weighted by molar-refractivity contribution is -0.120. The summed E-state index contributed by atoms with van der Waals surface area (Å²) in [6.07, 6.45) is 0. The summed E-state index contributed by atoms with van der Waals surface area (Å²) >= 11 is 0. The van der Waals surface area contributed by atoms with Crippen LogP contribution < -0.4 is 10.6 Å². The minimum Gasteiger partial charge on any atom is -0.395 e. The molecule has 0 aromatic rings. The average Bonchev–Trinajstić information content (AvgIpc) is 2.15. The van der Waals surface area contributed by atoms with E-state index < -0.39 is 0 Å². The highest BCUT2D eigenvalue weighted by molar-refractivity contribution is 5.78. The average molecular weight is 199 g/mol. The van der Waals surface area contributed by atoms with Crippen LogP contribution in [0, 0.1) is 17.2 Å². The molecule has 1 amide bonds. The van der Waals surface area contributed by atoms with Crippen molar-refractivity contribution in [3.8, 4) is 6.07 Å². The maximum Gasteiger partial charge on any atom is 0.234 e. The van der Waals surface area contributed by atoms with Gasteiger partial charge in [0, 0.05) is 6.04 Å². The van der Waals surface area contributed by atoms with E-state index in [1.807, 2.05) is 19.9 Å². The molecule has 0 bridgehead atoms. The van der Waals surface area contributed by atoms with Crippen LogP contribution in [0.4, 0.5) is 0 Å². The number of carbonyl (C=O) groups is 1. The molecule has 3 N–H and O–H groups in total. The summed E-state index contributed by atoms with van der Waals surface area (Å²) in [6.45, 7) is 4.07. The van der Waals surface area contributed by atoms with Crippen LogP contribution in [-0.2, 0) is 4.79 Å². The molecule has 0 aliphatic heterocycles. The number of nitrogens with one attached hydrogen (secondary N) is 2. The minimum absolute atomic E-state index is 0.00317. The fraction of sp³-hybridized carbons (Fsp3) is 0.778. The molecule has 0 aromatic carbocycles. The Morgan fingerprint density at radius 3 is 2.64 bits per heavy atom. The van der Waals surface area contributed by atoms with E-state index in [1.54, 1.807) is 0 Å². The van der Waals surface area contributed by atoms with E-state index in [9.17, 15) is 4.79 Å². The molecule has 0 fully saturated rings. The van der Waals surface area contributed by atoms with Crippen molar-refractivity contribution < 1.29 is 9.90 Å². The van der Waals surface area contributed by atoms with Gasteiger partial charge in [-0.1, -0.05) is 13.8 Å². The molecular weight excluding hydrogens is 182 g/mol. The molecule has 0 radical (unpaired) electrons. The minimum atomic E-state index is -0.231. The van der Waals surface area contributed by atoms with Crippen molar-refractivity contribution in [1.29, 1.82) is 5.26 Å². The molecule has 0 saturated heterocycles. The standard InChI is InChI=1S/C9H17N3O2/c1-7(2)8(6-13)12-5-9(14)11-4-3-10/h7-8,12-13H,4-6H2,1-2H3,(H,11,14)/t8-/m1/s1. The van der Waals surface area contributed by atoms with E-state index in [-0.39, 0.29) is 37.6 Å². The molecule has 1 atom stereocenters. The van der Waals surface area contributed by atoms with Crippen molar-refractivity contribution in [3.05, 3.63) is 0 Å². The normalized spacial score (nSPS) is 12.2. The second-order valence-corrected chi connectivity index (χ2v) is 3.35. The molecule has 0 aromatic heterocycles. The Labute approximate surface area is 84.1 Å². The quantitative estimate of drug-likeness (QED) is 0.490. The van der Waals surface area contributed by atoms with Gasteiger partial charge in [-0.3, -0.25) is 4.79 Å². The van der Waals surface area contributed by atoms with E-state index in [0.717, 1.165) is 0 Å². The Balaban J connectivity index is 3.69. The second kappa shape index (κ2) is 7.30. The summed E-state index contributed by atoms with van der Waals surface area (Å²) in [5.41, 5.74) is 0. The van der Waals surface area contributed by atoms with Crippen LogP contribution in [0.1, 0.15) is 13.8 Å². The first kappa shape index (κ1) is 12.9. The van der Waals surface area contributed by atoms with Crippen molar-refractivity contribution in [1.82, 2.24) is 10.6 Å². The van der Waals surface area contributed by atoms with Crippen LogP contribution in [0.5, 0.6) is 0 Å². The van der Waals surface area contributed by atoms with Crippen molar-refractivity contribution in [2.45, 2.75) is 19.9 Å². The van der Waals surface area contributed by atoms with Crippen molar-refractivity contribution in [2.24, 2.45) is 5.92 Å². The third-order valence-electron chi connectivity index (χ3n) is 1.89. The van der Waals surface area contributed by atoms with E-state index in [1.165, 1.54) is 0 Å². The lowest BCUT2D eigenvalue weighted by Crippen LogP contribution is -2.43. The molecule has 0 heterocycles. The summed E-state index contributed by atoms with van der Waals surface area (Å²) in [7, 11) is 0. The van der Waals surface area contributed by atoms with E-state index >= 15 is 0 Å². The Morgan fingerprint density at radius 1 is 1.57 bits per heavy atom. The number of aliphatic hydroxyl groups is 1. The van der Waals surface area contributed by atoms with Gasteiger partial charge < -0.3 is 15.7 Å². The highest BCUT2D eigenvalue weighted by atomic mass is 16.3. The van der Waals surface area contributed by atoms with Crippen LogP contribution >= 0.6 is 0 Å². The number of carbonyl (C=O) groups excluding carboxylic acids is 1. The number of nitrogens with zero attached hydrogens (tertiary/aromatic N) is 1. The lowest BCUT2D eigenvalue weighted by atomic mass is 10.1. The van der Waals surface area contributed by atoms with Gasteiger partial charge in [0.05, 0.1) is 19.2 Å². The topological polar surface area (TPSA) is 85.2 Å². The Bertz CT molecular complexity index is 211. The predicted octanol–water partition coefficient (Wildman–Crippen LogP) is -0.767. The van der Waals surface area contributed by atoms with Gasteiger partial charge in [0.2, 0.25) is 5.91 Å². The second-order valence-electron chi connectivity index (χ2n) is 3.35. The molecule has 0 rings (SSSR count). The largest absolute Gasteiger partial charge is 0.395 e. The number of amides is 1. The zero-order valence-corrected chi connectivity index (χ0v) is 8.58. The van der Waals surface area contributed by atoms with E-state index in [2.05, 4.69) is 10.6 Å². The maximum atomic E-state index is 11.0. The molecule has 0 aliphatic rings. The molecule has 0 spiro atoms. The lowest BCUT2D eigenvalue weighted by Gasteiger charge is -2.19. The number of hydrogen-bond donors (Lipinski definition) is 3. The van der Waals surface area contributed by atoms with Gasteiger partial charge in [0.25, 0.3) is 0 Å². The van der Waals surface area contributed by atoms with Gasteiger partial charge in [0.1, 0.15) is 6.54 Å². The van der Waals surface area contributed by atoms with Crippen molar-refractivity contribution in [2.75, 3.05) is 19.7 Å². The van der Waals surface area contributed by atoms with E-state index in [0.29, 0.717) is 0 Å². The Kier molecular flexibility index (Phi) is 6.72. The number of aliphatic hydroxyl groups excluding tert-OH is 1. The fourth-order valence-electron chi connectivity index (χ4n) is 0.935. The number of nitriles is 1. The molecule has 0 aliphatic carbocycles. The fourth-order valence-corrected chi connectivity index (χ4v) is 0.935. The molecule has 5 nitrogen and oxygen atoms in total. The Hall–Kier alpha value is -1.12. The zero-order chi connectivity index (χ0) is 11.0. The molecule has 14 heavy (non-hydrogen) atoms. The molecule has 0 saturated carbocycles. The SMILES string of the molecule is CC(C)[C@@H](CO)NCC(=O)NCC#N. The van der Waals surface area contributed by atoms with Crippen LogP contribution in [0.2, 0.25) is 0 Å². The van der Waals surface area contributed by atoms with Crippen LogP contribution in [0.25, 0.3) is 0 Å². The summed E-state index contributed by atoms with van der Waals surface area (Å²) in [5, 5.41) is 22.5. The first-order valence-electron chi connectivity index (χ1n) is 4.59. The third-order valence-corrected chi connectivity index (χ3v) is 1.89. The number of hydrogen-bond acceptors (Lipinski definition) is 4. The summed E-state index contributed by atoms with van der Waals surface area (Å²) in [5.74, 6) is 0.0365. The van der Waals surface area contributed by atoms with Gasteiger partial charge in [-0.05, 0) is 5.92 Å². The summed E-state index contributed by atoms with van der Waals surface area (Å²) < 4.78 is 0. The molecule has 80 valence electrons. The zero-order valence-electron chi connectivity index (χ0n) is 8.58. The number of rotatable bonds is 6. The van der Waals surface area contributed by atoms with Crippen molar-refractivity contribution >= 4 is 5.91 Å². The third kappa shape index (κ3) is 5.51. The molecular formula is C9H17N3O2. The Morgan fingerprint density at radius 2 is 2.21 bits per heavy atom. The first-order chi connectivity index (χ1) is 6.61. The van der Waals surface area contributed by atoms with Gasteiger partial charge >= 0.3 is 0 Å². The van der Waals surface area contributed by atoms with Gasteiger partial charge in [-0.25, -0.2) is 0 Å². The molecule has 0 unspecified atom stereocenters. The van der Waals surface area contributed by atoms with Gasteiger partial charge in [-0.15, -0.1) is 0 Å². The predicted molar refractivity (Wildman–Crippen MR) is 52.3 cm³/mol. The smallest absolute Gasteiger partial charge is 0.234 e. The van der Waals surface area contributed by atoms with Gasteiger partial charge in [-0.2, -0.15) is 5.26 Å². The van der Waals surface area contributed by atoms with Crippen LogP contribution in [0.3, 0.4) is 0 Å². The monoisotopic (exact) mass is 199 g/mol. The summed E-state index contributed by atoms with van der Waals surface area (Å²) in [4.78, 5) is 11.0. The maximum absolute atomic E-state index is 11.0. The van der Waals surface area contributed by atoms with Gasteiger partial charge in [0.15, 0.2) is 0 Å². The van der Waals surface area contributed by atoms with Crippen molar-refractivity contribution in [3.63, 3.8) is 0 Å².